The Hall–Kier alpha value is -3.92. The smallest absolute Gasteiger partial charge is 0.338 e. The van der Waals surface area contributed by atoms with E-state index < -0.39 is 23.9 Å². The normalized spacial score (nSPS) is 15.2. The Kier molecular flexibility index (Phi) is 6.55. The van der Waals surface area contributed by atoms with Crippen molar-refractivity contribution < 1.29 is 33.0 Å². The first-order valence-corrected chi connectivity index (χ1v) is 10.8. The molecule has 170 valence electrons. The molecule has 3 aromatic rings. The third-order valence-electron chi connectivity index (χ3n) is 4.95. The molecule has 1 amide bonds. The van der Waals surface area contributed by atoms with Crippen molar-refractivity contribution in [2.75, 3.05) is 20.8 Å². The van der Waals surface area contributed by atoms with Crippen molar-refractivity contribution in [1.82, 2.24) is 5.01 Å². The fourth-order valence-corrected chi connectivity index (χ4v) is 4.12. The van der Waals surface area contributed by atoms with Gasteiger partial charge in [-0.15, -0.1) is 11.3 Å². The van der Waals surface area contributed by atoms with E-state index in [2.05, 4.69) is 5.10 Å². The molecule has 0 unspecified atom stereocenters. The van der Waals surface area contributed by atoms with Gasteiger partial charge in [0.05, 0.1) is 42.2 Å². The van der Waals surface area contributed by atoms with Gasteiger partial charge in [-0.2, -0.15) is 5.10 Å². The number of carbonyl (C=O) groups is 3. The average molecular weight is 468 g/mol. The van der Waals surface area contributed by atoms with E-state index in [1.165, 1.54) is 48.8 Å². The van der Waals surface area contributed by atoms with Gasteiger partial charge in [-0.05, 0) is 41.8 Å². The SMILES string of the molecule is COC(=O)c1cc(OCC(=O)N2N=C(c3cccs3)C[C@@H]2c2ccco2)cc(C(=O)OC)c1. The number of carbonyl (C=O) groups excluding carboxylic acids is 3. The van der Waals surface area contributed by atoms with E-state index in [1.807, 2.05) is 17.5 Å². The van der Waals surface area contributed by atoms with E-state index in [-0.39, 0.29) is 23.5 Å². The Morgan fingerprint density at radius 3 is 2.39 bits per heavy atom. The average Bonchev–Trinajstić information content (AvgIpc) is 3.61. The van der Waals surface area contributed by atoms with Gasteiger partial charge in [-0.1, -0.05) is 6.07 Å². The lowest BCUT2D eigenvalue weighted by Gasteiger charge is -2.20. The standard InChI is InChI=1S/C23H20N2O7S/c1-29-22(27)14-9-15(23(28)30-2)11-16(10-14)32-13-21(26)25-18(19-5-3-7-31-19)12-17(24-25)20-6-4-8-33-20/h3-11,18H,12-13H2,1-2H3/t18-/m1/s1. The number of nitrogens with zero attached hydrogens (tertiary/aromatic N) is 2. The van der Waals surface area contributed by atoms with Gasteiger partial charge in [0, 0.05) is 6.42 Å². The van der Waals surface area contributed by atoms with Crippen LogP contribution in [0, 0.1) is 0 Å². The number of hydrogen-bond donors (Lipinski definition) is 0. The lowest BCUT2D eigenvalue weighted by atomic mass is 10.1. The lowest BCUT2D eigenvalue weighted by Crippen LogP contribution is -2.31. The van der Waals surface area contributed by atoms with Crippen LogP contribution in [0.25, 0.3) is 0 Å². The van der Waals surface area contributed by atoms with Crippen LogP contribution < -0.4 is 4.74 Å². The van der Waals surface area contributed by atoms with Gasteiger partial charge in [-0.3, -0.25) is 4.79 Å². The number of thiophene rings is 1. The zero-order chi connectivity index (χ0) is 23.4. The second-order valence-corrected chi connectivity index (χ2v) is 7.96. The minimum Gasteiger partial charge on any atom is -0.484 e. The Labute approximate surface area is 193 Å². The van der Waals surface area contributed by atoms with Crippen molar-refractivity contribution in [3.05, 3.63) is 75.9 Å². The van der Waals surface area contributed by atoms with Crippen LogP contribution >= 0.6 is 11.3 Å². The second kappa shape index (κ2) is 9.70. The van der Waals surface area contributed by atoms with Crippen LogP contribution in [0.1, 0.15) is 43.8 Å². The highest BCUT2D eigenvalue weighted by Gasteiger charge is 2.35. The zero-order valence-electron chi connectivity index (χ0n) is 17.8. The van der Waals surface area contributed by atoms with Gasteiger partial charge in [0.15, 0.2) is 6.61 Å². The van der Waals surface area contributed by atoms with Gasteiger partial charge in [0.25, 0.3) is 5.91 Å². The van der Waals surface area contributed by atoms with Crippen molar-refractivity contribution in [2.45, 2.75) is 12.5 Å². The van der Waals surface area contributed by atoms with Crippen molar-refractivity contribution in [3.8, 4) is 5.75 Å². The third kappa shape index (κ3) is 4.80. The molecule has 33 heavy (non-hydrogen) atoms. The molecule has 0 N–H and O–H groups in total. The summed E-state index contributed by atoms with van der Waals surface area (Å²) in [6.45, 7) is -0.371. The highest BCUT2D eigenvalue weighted by molar-refractivity contribution is 7.12. The first kappa shape index (κ1) is 22.3. The highest BCUT2D eigenvalue weighted by Crippen LogP contribution is 2.34. The first-order chi connectivity index (χ1) is 16.0. The molecular weight excluding hydrogens is 448 g/mol. The van der Waals surface area contributed by atoms with Gasteiger partial charge < -0.3 is 18.6 Å². The summed E-state index contributed by atoms with van der Waals surface area (Å²) in [5.74, 6) is -0.965. The van der Waals surface area contributed by atoms with Crippen molar-refractivity contribution >= 4 is 34.9 Å². The molecule has 0 bridgehead atoms. The number of hydrogen-bond acceptors (Lipinski definition) is 9. The highest BCUT2D eigenvalue weighted by atomic mass is 32.1. The Morgan fingerprint density at radius 2 is 1.82 bits per heavy atom. The van der Waals surface area contributed by atoms with E-state index in [4.69, 9.17) is 18.6 Å². The van der Waals surface area contributed by atoms with Crippen LogP contribution in [-0.2, 0) is 14.3 Å². The van der Waals surface area contributed by atoms with Crippen LogP contribution in [-0.4, -0.2) is 49.4 Å². The van der Waals surface area contributed by atoms with Crippen molar-refractivity contribution in [1.29, 1.82) is 0 Å². The van der Waals surface area contributed by atoms with E-state index in [0.717, 1.165) is 10.6 Å². The minimum atomic E-state index is -0.653. The molecular formula is C23H20N2O7S. The Bertz CT molecular complexity index is 1150. The van der Waals surface area contributed by atoms with Crippen molar-refractivity contribution in [3.63, 3.8) is 0 Å². The summed E-state index contributed by atoms with van der Waals surface area (Å²) in [6, 6.07) is 11.1. The number of furan rings is 1. The van der Waals surface area contributed by atoms with Gasteiger partial charge in [-0.25, -0.2) is 14.6 Å². The number of ether oxygens (including phenoxy) is 3. The summed E-state index contributed by atoms with van der Waals surface area (Å²) >= 11 is 1.54. The molecule has 0 aliphatic carbocycles. The molecule has 3 heterocycles. The molecule has 1 atom stereocenters. The predicted molar refractivity (Wildman–Crippen MR) is 118 cm³/mol. The number of esters is 2. The van der Waals surface area contributed by atoms with Gasteiger partial charge >= 0.3 is 11.9 Å². The largest absolute Gasteiger partial charge is 0.484 e. The molecule has 2 aromatic heterocycles. The van der Waals surface area contributed by atoms with E-state index >= 15 is 0 Å². The molecule has 0 saturated heterocycles. The lowest BCUT2D eigenvalue weighted by molar-refractivity contribution is -0.135. The van der Waals surface area contributed by atoms with E-state index in [0.29, 0.717) is 12.2 Å². The Balaban J connectivity index is 1.55. The molecule has 0 radical (unpaired) electrons. The number of rotatable bonds is 7. The molecule has 0 spiro atoms. The molecule has 1 aromatic carbocycles. The third-order valence-corrected chi connectivity index (χ3v) is 5.87. The number of amides is 1. The second-order valence-electron chi connectivity index (χ2n) is 7.02. The quantitative estimate of drug-likeness (QED) is 0.487. The van der Waals surface area contributed by atoms with E-state index in [9.17, 15) is 14.4 Å². The summed E-state index contributed by atoms with van der Waals surface area (Å²) < 4.78 is 20.6. The van der Waals surface area contributed by atoms with E-state index in [1.54, 1.807) is 18.4 Å². The molecule has 9 nitrogen and oxygen atoms in total. The van der Waals surface area contributed by atoms with Crippen LogP contribution in [0.15, 0.2) is 63.6 Å². The zero-order valence-corrected chi connectivity index (χ0v) is 18.7. The summed E-state index contributed by atoms with van der Waals surface area (Å²) in [5, 5.41) is 7.81. The maximum absolute atomic E-state index is 13.1. The molecule has 1 aliphatic rings. The van der Waals surface area contributed by atoms with Crippen LogP contribution in [0.4, 0.5) is 0 Å². The molecule has 10 heteroatoms. The number of benzene rings is 1. The summed E-state index contributed by atoms with van der Waals surface area (Å²) in [4.78, 5) is 38.0. The van der Waals surface area contributed by atoms with Crippen molar-refractivity contribution in [2.24, 2.45) is 5.10 Å². The van der Waals surface area contributed by atoms with Gasteiger partial charge in [0.1, 0.15) is 17.6 Å². The molecule has 1 aliphatic heterocycles. The summed E-state index contributed by atoms with van der Waals surface area (Å²) in [5.41, 5.74) is 0.964. The topological polar surface area (TPSA) is 108 Å². The summed E-state index contributed by atoms with van der Waals surface area (Å²) in [6.07, 6.45) is 2.05. The van der Waals surface area contributed by atoms with Crippen LogP contribution in [0.2, 0.25) is 0 Å². The molecule has 0 saturated carbocycles. The fraction of sp³-hybridized carbons (Fsp3) is 0.217. The molecule has 4 rings (SSSR count). The van der Waals surface area contributed by atoms with Crippen LogP contribution in [0.5, 0.6) is 5.75 Å². The summed E-state index contributed by atoms with van der Waals surface area (Å²) in [7, 11) is 2.45. The predicted octanol–water partition coefficient (Wildman–Crippen LogP) is 3.67. The van der Waals surface area contributed by atoms with Gasteiger partial charge in [0.2, 0.25) is 0 Å². The monoisotopic (exact) mass is 468 g/mol. The molecule has 0 fully saturated rings. The first-order valence-electron chi connectivity index (χ1n) is 9.91. The minimum absolute atomic E-state index is 0.0930. The maximum Gasteiger partial charge on any atom is 0.338 e. The number of hydrazone groups is 1. The Morgan fingerprint density at radius 1 is 1.09 bits per heavy atom. The number of methoxy groups -OCH3 is 2. The van der Waals surface area contributed by atoms with Crippen LogP contribution in [0.3, 0.4) is 0 Å². The fourth-order valence-electron chi connectivity index (χ4n) is 3.40. The maximum atomic E-state index is 13.1.